The van der Waals surface area contributed by atoms with Crippen molar-refractivity contribution < 1.29 is 29.6 Å². The van der Waals surface area contributed by atoms with Gasteiger partial charge in [0.2, 0.25) is 0 Å². The fourth-order valence-corrected chi connectivity index (χ4v) is 1.28. The fraction of sp³-hybridized carbons (Fsp3) is 0.800. The summed E-state index contributed by atoms with van der Waals surface area (Å²) in [5.41, 5.74) is 0. The summed E-state index contributed by atoms with van der Waals surface area (Å²) in [5.74, 6) is -1.08. The van der Waals surface area contributed by atoms with Crippen molar-refractivity contribution in [3.8, 4) is 0 Å². The van der Waals surface area contributed by atoms with E-state index in [1.54, 1.807) is 6.92 Å². The molecule has 94 valence electrons. The number of carbonyl (C=O) groups is 2. The number of aliphatic hydroxyl groups excluding tert-OH is 2. The van der Waals surface area contributed by atoms with Crippen LogP contribution in [0.15, 0.2) is 0 Å². The first-order chi connectivity index (χ1) is 7.47. The average molecular weight is 234 g/mol. The van der Waals surface area contributed by atoms with Gasteiger partial charge in [-0.2, -0.15) is 0 Å². The van der Waals surface area contributed by atoms with Gasteiger partial charge in [-0.25, -0.2) is 4.79 Å². The predicted molar refractivity (Wildman–Crippen MR) is 54.8 cm³/mol. The molecule has 0 saturated heterocycles. The maximum absolute atomic E-state index is 10.9. The van der Waals surface area contributed by atoms with E-state index < -0.39 is 18.2 Å². The Kier molecular flexibility index (Phi) is 7.49. The third-order valence-corrected chi connectivity index (χ3v) is 2.30. The van der Waals surface area contributed by atoms with Crippen LogP contribution in [-0.4, -0.2) is 40.2 Å². The lowest BCUT2D eigenvalue weighted by Gasteiger charge is -2.17. The van der Waals surface area contributed by atoms with Gasteiger partial charge in [0.25, 0.3) is 0 Å². The lowest BCUT2D eigenvalue weighted by molar-refractivity contribution is -0.141. The summed E-state index contributed by atoms with van der Waals surface area (Å²) in [7, 11) is 0. The van der Waals surface area contributed by atoms with E-state index in [-0.39, 0.29) is 18.9 Å². The summed E-state index contributed by atoms with van der Waals surface area (Å²) in [6.45, 7) is 1.86. The van der Waals surface area contributed by atoms with E-state index >= 15 is 0 Å². The van der Waals surface area contributed by atoms with E-state index in [2.05, 4.69) is 4.74 Å². The van der Waals surface area contributed by atoms with Crippen LogP contribution in [0.5, 0.6) is 0 Å². The van der Waals surface area contributed by atoms with E-state index in [1.165, 1.54) is 0 Å². The maximum atomic E-state index is 10.9. The van der Waals surface area contributed by atoms with Crippen LogP contribution in [0.4, 0.5) is 4.79 Å². The van der Waals surface area contributed by atoms with Crippen molar-refractivity contribution in [2.24, 2.45) is 5.92 Å². The van der Waals surface area contributed by atoms with Gasteiger partial charge in [0, 0.05) is 6.61 Å². The van der Waals surface area contributed by atoms with Crippen LogP contribution in [0.1, 0.15) is 32.6 Å². The molecule has 0 fully saturated rings. The molecule has 3 N–H and O–H groups in total. The summed E-state index contributed by atoms with van der Waals surface area (Å²) in [6, 6.07) is 0. The Morgan fingerprint density at radius 1 is 1.31 bits per heavy atom. The number of aliphatic hydroxyl groups is 2. The highest BCUT2D eigenvalue weighted by Gasteiger charge is 2.20. The number of ether oxygens (including phenoxy) is 1. The summed E-state index contributed by atoms with van der Waals surface area (Å²) in [4.78, 5) is 20.9. The van der Waals surface area contributed by atoms with Crippen molar-refractivity contribution in [3.05, 3.63) is 0 Å². The molecule has 0 radical (unpaired) electrons. The van der Waals surface area contributed by atoms with Gasteiger partial charge in [-0.05, 0) is 18.8 Å². The second kappa shape index (κ2) is 8.06. The van der Waals surface area contributed by atoms with Gasteiger partial charge in [0.15, 0.2) is 0 Å². The first kappa shape index (κ1) is 14.9. The van der Waals surface area contributed by atoms with E-state index in [9.17, 15) is 14.7 Å². The van der Waals surface area contributed by atoms with E-state index in [4.69, 9.17) is 10.2 Å². The van der Waals surface area contributed by atoms with Crippen LogP contribution in [0, 0.1) is 5.92 Å². The van der Waals surface area contributed by atoms with Crippen molar-refractivity contribution >= 4 is 12.1 Å². The lowest BCUT2D eigenvalue weighted by atomic mass is 9.96. The number of carbonyl (C=O) groups excluding carboxylic acids is 1. The zero-order chi connectivity index (χ0) is 12.6. The highest BCUT2D eigenvalue weighted by molar-refractivity contribution is 5.81. The van der Waals surface area contributed by atoms with Crippen LogP contribution in [0.3, 0.4) is 0 Å². The first-order valence-corrected chi connectivity index (χ1v) is 5.20. The molecular weight excluding hydrogens is 216 g/mol. The number of rotatable bonds is 7. The van der Waals surface area contributed by atoms with Gasteiger partial charge < -0.3 is 20.1 Å². The van der Waals surface area contributed by atoms with E-state index in [0.717, 1.165) is 6.42 Å². The Balaban J connectivity index is 3.81. The molecule has 2 atom stereocenters. The van der Waals surface area contributed by atoms with Gasteiger partial charge in [0.05, 0.1) is 12.5 Å². The maximum Gasteiger partial charge on any atom is 0.513 e. The normalized spacial score (nSPS) is 14.2. The molecule has 0 spiro atoms. The van der Waals surface area contributed by atoms with Crippen molar-refractivity contribution in [2.75, 3.05) is 6.61 Å². The highest BCUT2D eigenvalue weighted by Crippen LogP contribution is 2.15. The summed E-state index contributed by atoms with van der Waals surface area (Å²) in [6.07, 6.45) is -0.829. The third-order valence-electron chi connectivity index (χ3n) is 2.30. The smallest absolute Gasteiger partial charge is 0.449 e. The molecular formula is C10H18O6. The topological polar surface area (TPSA) is 104 Å². The Bertz CT molecular complexity index is 227. The zero-order valence-corrected chi connectivity index (χ0v) is 9.26. The molecule has 0 aliphatic heterocycles. The minimum Gasteiger partial charge on any atom is -0.449 e. The molecule has 0 aliphatic carbocycles. The largest absolute Gasteiger partial charge is 0.513 e. The second-order valence-corrected chi connectivity index (χ2v) is 3.71. The molecule has 0 aromatic heterocycles. The lowest BCUT2D eigenvalue weighted by Crippen LogP contribution is -2.24. The molecule has 0 aromatic rings. The van der Waals surface area contributed by atoms with Crippen LogP contribution >= 0.6 is 0 Å². The number of unbranched alkanes of at least 4 members (excludes halogenated alkanes) is 1. The summed E-state index contributed by atoms with van der Waals surface area (Å²) >= 11 is 0. The highest BCUT2D eigenvalue weighted by atomic mass is 16.7. The zero-order valence-electron chi connectivity index (χ0n) is 9.26. The number of hydrogen-bond donors (Lipinski definition) is 3. The molecule has 16 heavy (non-hydrogen) atoms. The summed E-state index contributed by atoms with van der Waals surface area (Å²) in [5, 5.41) is 26.3. The first-order valence-electron chi connectivity index (χ1n) is 5.20. The molecule has 0 aromatic carbocycles. The van der Waals surface area contributed by atoms with E-state index in [1.807, 2.05) is 0 Å². The molecule has 0 amide bonds. The Morgan fingerprint density at radius 2 is 1.94 bits per heavy atom. The monoisotopic (exact) mass is 234 g/mol. The van der Waals surface area contributed by atoms with Crippen LogP contribution < -0.4 is 0 Å². The van der Waals surface area contributed by atoms with Crippen LogP contribution in [0.25, 0.3) is 0 Å². The third kappa shape index (κ3) is 7.19. The minimum absolute atomic E-state index is 0.101. The molecule has 0 rings (SSSR count). The molecule has 2 unspecified atom stereocenters. The van der Waals surface area contributed by atoms with Gasteiger partial charge in [-0.3, -0.25) is 4.79 Å². The van der Waals surface area contributed by atoms with Crippen molar-refractivity contribution in [1.82, 2.24) is 0 Å². The van der Waals surface area contributed by atoms with Crippen molar-refractivity contribution in [2.45, 2.75) is 38.7 Å². The Morgan fingerprint density at radius 3 is 2.44 bits per heavy atom. The number of hydrogen-bond acceptors (Lipinski definition) is 5. The van der Waals surface area contributed by atoms with E-state index in [0.29, 0.717) is 12.8 Å². The van der Waals surface area contributed by atoms with Gasteiger partial charge in [-0.1, -0.05) is 13.3 Å². The Hall–Kier alpha value is -1.14. The molecule has 0 heterocycles. The molecule has 0 saturated carbocycles. The predicted octanol–water partition coefficient (Wildman–Crippen LogP) is 0.757. The molecule has 6 heteroatoms. The number of esters is 1. The van der Waals surface area contributed by atoms with Crippen molar-refractivity contribution in [3.63, 3.8) is 0 Å². The van der Waals surface area contributed by atoms with Gasteiger partial charge in [0.1, 0.15) is 0 Å². The average Bonchev–Trinajstić information content (AvgIpc) is 2.16. The summed E-state index contributed by atoms with van der Waals surface area (Å²) < 4.78 is 3.87. The molecule has 6 nitrogen and oxygen atoms in total. The van der Waals surface area contributed by atoms with Crippen LogP contribution in [0.2, 0.25) is 0 Å². The molecule has 0 bridgehead atoms. The quantitative estimate of drug-likeness (QED) is 0.341. The van der Waals surface area contributed by atoms with Crippen LogP contribution in [-0.2, 0) is 9.53 Å². The number of carboxylic acid groups (broad SMARTS) is 1. The van der Waals surface area contributed by atoms with Crippen molar-refractivity contribution in [1.29, 1.82) is 0 Å². The second-order valence-electron chi connectivity index (χ2n) is 3.71. The van der Waals surface area contributed by atoms with Gasteiger partial charge in [-0.15, -0.1) is 0 Å². The minimum atomic E-state index is -1.66. The molecule has 0 aliphatic rings. The standard InChI is InChI=1S/C10H18O6/c1-7(4-2-3-5-11)8(12)6-9(13)16-10(14)15/h7-8,11-12H,2-6H2,1H3,(H,14,15). The van der Waals surface area contributed by atoms with Gasteiger partial charge >= 0.3 is 12.1 Å². The Labute approximate surface area is 93.8 Å². The SMILES string of the molecule is CC(CCCCO)C(O)CC(=O)OC(=O)O. The fourth-order valence-electron chi connectivity index (χ4n) is 1.28.